The van der Waals surface area contributed by atoms with Gasteiger partial charge in [0.15, 0.2) is 10.7 Å². The van der Waals surface area contributed by atoms with Crippen LogP contribution in [0.4, 0.5) is 8.78 Å². The fraction of sp³-hybridized carbons (Fsp3) is 0.290. The first-order valence-electron chi connectivity index (χ1n) is 13.7. The van der Waals surface area contributed by atoms with Crippen molar-refractivity contribution in [2.75, 3.05) is 7.05 Å². The van der Waals surface area contributed by atoms with E-state index in [1.807, 2.05) is 0 Å². The van der Waals surface area contributed by atoms with Crippen molar-refractivity contribution in [1.82, 2.24) is 26.0 Å². The summed E-state index contributed by atoms with van der Waals surface area (Å²) in [5, 5.41) is 35.3. The van der Waals surface area contributed by atoms with E-state index in [1.54, 1.807) is 13.1 Å². The average molecular weight is 636 g/mol. The lowest BCUT2D eigenvalue weighted by Gasteiger charge is -2.14. The number of nitrogens with one attached hydrogen (secondary N) is 3. The molecule has 2 aromatic carbocycles. The van der Waals surface area contributed by atoms with Crippen LogP contribution in [0, 0.1) is 47.2 Å². The van der Waals surface area contributed by atoms with Crippen molar-refractivity contribution in [3.05, 3.63) is 75.6 Å². The molecule has 2 atom stereocenters. The Hall–Kier alpha value is -4.46. The number of hydrogen-bond donors (Lipinski definition) is 5. The van der Waals surface area contributed by atoms with Gasteiger partial charge >= 0.3 is 11.9 Å². The van der Waals surface area contributed by atoms with Crippen LogP contribution in [0.1, 0.15) is 53.7 Å². The van der Waals surface area contributed by atoms with Crippen LogP contribution in [-0.2, 0) is 4.79 Å². The van der Waals surface area contributed by atoms with E-state index < -0.39 is 23.6 Å². The molecular weight excluding hydrogens is 609 g/mol. The minimum Gasteiger partial charge on any atom is -0.477 e. The van der Waals surface area contributed by atoms with Gasteiger partial charge in [-0.15, -0.1) is 10.2 Å². The predicted molar refractivity (Wildman–Crippen MR) is 161 cm³/mol. The van der Waals surface area contributed by atoms with Gasteiger partial charge in [0.25, 0.3) is 0 Å². The molecule has 2 fully saturated rings. The molecule has 2 saturated carbocycles. The fourth-order valence-corrected chi connectivity index (χ4v) is 6.00. The van der Waals surface area contributed by atoms with Gasteiger partial charge in [-0.2, -0.15) is 5.21 Å². The summed E-state index contributed by atoms with van der Waals surface area (Å²) in [5.74, 6) is 9.22. The van der Waals surface area contributed by atoms with Crippen molar-refractivity contribution in [3.8, 4) is 23.7 Å². The zero-order chi connectivity index (χ0) is 31.2. The predicted octanol–water partition coefficient (Wildman–Crippen LogP) is 5.07. The van der Waals surface area contributed by atoms with Gasteiger partial charge in [-0.1, -0.05) is 47.2 Å². The highest BCUT2D eigenvalue weighted by Crippen LogP contribution is 2.36. The molecule has 0 amide bonds. The third-order valence-electron chi connectivity index (χ3n) is 6.79. The summed E-state index contributed by atoms with van der Waals surface area (Å²) in [4.78, 5) is 24.5. The Morgan fingerprint density at radius 3 is 2.57 bits per heavy atom. The Labute approximate surface area is 260 Å². The summed E-state index contributed by atoms with van der Waals surface area (Å²) in [6, 6.07) is 8.55. The Balaban J connectivity index is 1.22. The van der Waals surface area contributed by atoms with Crippen molar-refractivity contribution in [2.45, 2.75) is 53.0 Å². The van der Waals surface area contributed by atoms with E-state index in [0.29, 0.717) is 39.1 Å². The molecular formula is C31H27F2N5O4S2. The van der Waals surface area contributed by atoms with E-state index in [9.17, 15) is 28.6 Å². The van der Waals surface area contributed by atoms with Crippen LogP contribution >= 0.6 is 23.5 Å². The van der Waals surface area contributed by atoms with Crippen molar-refractivity contribution >= 4 is 35.5 Å². The zero-order valence-corrected chi connectivity index (χ0v) is 25.0. The Kier molecular flexibility index (Phi) is 9.78. The molecule has 5 rings (SSSR count). The number of carboxylic acid groups (broad SMARTS) is 2. The lowest BCUT2D eigenvalue weighted by atomic mass is 10.2. The van der Waals surface area contributed by atoms with E-state index in [1.165, 1.54) is 43.2 Å². The molecule has 1 aromatic heterocycles. The summed E-state index contributed by atoms with van der Waals surface area (Å²) in [6.45, 7) is 0. The number of aromatic amines is 1. The number of benzene rings is 2. The molecule has 9 nitrogen and oxygen atoms in total. The molecule has 0 saturated heterocycles. The van der Waals surface area contributed by atoms with Gasteiger partial charge in [0.2, 0.25) is 5.69 Å². The second-order valence-corrected chi connectivity index (χ2v) is 12.4. The number of aromatic nitrogens is 3. The molecule has 44 heavy (non-hydrogen) atoms. The number of carboxylic acids is 2. The van der Waals surface area contributed by atoms with Crippen LogP contribution in [0.25, 0.3) is 0 Å². The number of carbonyl (C=O) groups is 2. The third-order valence-corrected chi connectivity index (χ3v) is 8.84. The highest BCUT2D eigenvalue weighted by atomic mass is 32.2. The van der Waals surface area contributed by atoms with Crippen molar-refractivity contribution in [1.29, 1.82) is 0 Å². The third kappa shape index (κ3) is 8.34. The molecule has 2 aliphatic carbocycles. The zero-order valence-electron chi connectivity index (χ0n) is 23.4. The monoisotopic (exact) mass is 635 g/mol. The van der Waals surface area contributed by atoms with Crippen molar-refractivity contribution < 1.29 is 28.6 Å². The van der Waals surface area contributed by atoms with E-state index in [0.717, 1.165) is 29.9 Å². The number of thioether (sulfide) groups is 1. The van der Waals surface area contributed by atoms with Crippen LogP contribution in [0.3, 0.4) is 0 Å². The van der Waals surface area contributed by atoms with Crippen LogP contribution in [0.15, 0.2) is 61.9 Å². The first-order valence-corrected chi connectivity index (χ1v) is 15.3. The first kappa shape index (κ1) is 31.0. The molecule has 2 unspecified atom stereocenters. The van der Waals surface area contributed by atoms with Crippen LogP contribution < -0.4 is 10.6 Å². The number of halogens is 2. The highest BCUT2D eigenvalue weighted by Gasteiger charge is 2.38. The van der Waals surface area contributed by atoms with Gasteiger partial charge in [-0.05, 0) is 67.5 Å². The van der Waals surface area contributed by atoms with Gasteiger partial charge in [0.1, 0.15) is 16.7 Å². The largest absolute Gasteiger partial charge is 0.477 e. The van der Waals surface area contributed by atoms with Crippen LogP contribution in [0.2, 0.25) is 0 Å². The van der Waals surface area contributed by atoms with E-state index in [2.05, 4.69) is 49.7 Å². The topological polar surface area (TPSA) is 140 Å². The molecule has 3 aromatic rings. The molecule has 2 aliphatic rings. The van der Waals surface area contributed by atoms with Crippen LogP contribution in [0.5, 0.6) is 0 Å². The van der Waals surface area contributed by atoms with E-state index in [4.69, 9.17) is 0 Å². The van der Waals surface area contributed by atoms with E-state index in [-0.39, 0.29) is 33.9 Å². The number of aromatic carboxylic acids is 1. The van der Waals surface area contributed by atoms with Gasteiger partial charge in [0.05, 0.1) is 5.56 Å². The Morgan fingerprint density at radius 2 is 1.84 bits per heavy atom. The van der Waals surface area contributed by atoms with Gasteiger partial charge in [-0.25, -0.2) is 18.4 Å². The number of H-pyrrole nitrogens is 1. The average Bonchev–Trinajstić information content (AvgIpc) is 3.90. The maximum absolute atomic E-state index is 14.4. The Morgan fingerprint density at radius 1 is 1.05 bits per heavy atom. The van der Waals surface area contributed by atoms with E-state index >= 15 is 0 Å². The summed E-state index contributed by atoms with van der Waals surface area (Å²) in [7, 11) is 1.60. The van der Waals surface area contributed by atoms with Gasteiger partial charge in [-0.3, -0.25) is 0 Å². The fourth-order valence-electron chi connectivity index (χ4n) is 4.20. The number of rotatable bonds is 11. The quantitative estimate of drug-likeness (QED) is 0.110. The molecule has 0 bridgehead atoms. The molecule has 5 N–H and O–H groups in total. The minimum absolute atomic E-state index is 0.0343. The lowest BCUT2D eigenvalue weighted by molar-refractivity contribution is -0.133. The summed E-state index contributed by atoms with van der Waals surface area (Å²) < 4.78 is 28.7. The Bertz CT molecular complexity index is 1750. The molecule has 0 radical (unpaired) electrons. The first-order chi connectivity index (χ1) is 21.2. The smallest absolute Gasteiger partial charge is 0.359 e. The normalized spacial score (nSPS) is 17.3. The van der Waals surface area contributed by atoms with Crippen molar-refractivity contribution in [3.63, 3.8) is 0 Å². The minimum atomic E-state index is -1.23. The number of nitrogens with zero attached hydrogens (tertiary/aromatic N) is 2. The molecule has 226 valence electrons. The molecule has 1 heterocycles. The lowest BCUT2D eigenvalue weighted by Crippen LogP contribution is -2.27. The number of aliphatic carboxylic acids is 1. The summed E-state index contributed by atoms with van der Waals surface area (Å²) in [5.41, 5.74) is 0.418. The van der Waals surface area contributed by atoms with Gasteiger partial charge in [0, 0.05) is 41.3 Å². The standard InChI is InChI=1S/C31H27F2N5O4S2/c1-34-28(44-23-13-18(12-21(32)16-23)5-2-4-17-8-9-17)26(30(39)40)35-25-15-20(25)7-3-6-19-14-22(10-11-24(19)33)43-29-27(31(41)42)36-38-37-29/h10-14,16-17,20,25,34-35H,4,7-9,15H2,1H3,(H,39,40)(H,41,42)(H,36,37,38)/b28-26+. The maximum atomic E-state index is 14.4. The highest BCUT2D eigenvalue weighted by molar-refractivity contribution is 8.03. The second kappa shape index (κ2) is 13.9. The van der Waals surface area contributed by atoms with Gasteiger partial charge < -0.3 is 20.8 Å². The summed E-state index contributed by atoms with van der Waals surface area (Å²) >= 11 is 2.12. The van der Waals surface area contributed by atoms with Crippen molar-refractivity contribution in [2.24, 2.45) is 11.8 Å². The van der Waals surface area contributed by atoms with Crippen LogP contribution in [-0.4, -0.2) is 50.7 Å². The molecule has 0 aliphatic heterocycles. The summed E-state index contributed by atoms with van der Waals surface area (Å²) in [6.07, 6.45) is 4.24. The SMILES string of the molecule is CN/C(Sc1cc(F)cc(C#CCC2CC2)c1)=C(\NC1CC1CC#Cc1cc(Sc2n[nH]nc2C(=O)O)ccc1F)C(=O)O. The maximum Gasteiger partial charge on any atom is 0.359 e. The second-order valence-electron chi connectivity index (χ2n) is 10.3. The molecule has 13 heteroatoms. The number of hydrogen-bond acceptors (Lipinski definition) is 8. The molecule has 0 spiro atoms.